The zero-order valence-electron chi connectivity index (χ0n) is 15.8. The van der Waals surface area contributed by atoms with Crippen molar-refractivity contribution in [3.63, 3.8) is 0 Å². The van der Waals surface area contributed by atoms with Gasteiger partial charge >= 0.3 is 0 Å². The van der Waals surface area contributed by atoms with Crippen molar-refractivity contribution in [2.75, 3.05) is 14.2 Å². The molecule has 0 unspecified atom stereocenters. The van der Waals surface area contributed by atoms with Crippen LogP contribution in [0.5, 0.6) is 28.7 Å². The standard InChI is InChI=1S/C22H15I3O5/c1-29-17-7-13(24)11-3-9(23)4-15(27)19(11)21(17)22-18(30-2)8-14(25)12-5-10(26)6-16(28)20(12)22/h3-8,26-28H,1-2H3. The third-order valence-corrected chi connectivity index (χ3v) is 7.31. The summed E-state index contributed by atoms with van der Waals surface area (Å²) in [7, 11) is 3.12. The summed E-state index contributed by atoms with van der Waals surface area (Å²) in [4.78, 5) is 0. The molecule has 154 valence electrons. The zero-order valence-corrected chi connectivity index (χ0v) is 22.2. The van der Waals surface area contributed by atoms with Gasteiger partial charge in [0.25, 0.3) is 0 Å². The van der Waals surface area contributed by atoms with Gasteiger partial charge in [0.15, 0.2) is 0 Å². The Balaban J connectivity index is 2.32. The van der Waals surface area contributed by atoms with Gasteiger partial charge in [0.1, 0.15) is 28.7 Å². The fourth-order valence-electron chi connectivity index (χ4n) is 3.70. The molecule has 4 aromatic carbocycles. The first-order chi connectivity index (χ1) is 14.3. The minimum atomic E-state index is -0.0874. The zero-order chi connectivity index (χ0) is 21.7. The Morgan fingerprint density at radius 2 is 1.10 bits per heavy atom. The monoisotopic (exact) mass is 740 g/mol. The topological polar surface area (TPSA) is 79.2 Å². The van der Waals surface area contributed by atoms with Crippen molar-refractivity contribution in [2.45, 2.75) is 0 Å². The van der Waals surface area contributed by atoms with Crippen LogP contribution in [0.3, 0.4) is 0 Å². The van der Waals surface area contributed by atoms with Crippen LogP contribution in [0.25, 0.3) is 32.7 Å². The number of phenolic OH excluding ortho intramolecular Hbond substituents is 3. The second-order valence-corrected chi connectivity index (χ2v) is 10.2. The lowest BCUT2D eigenvalue weighted by atomic mass is 9.91. The molecule has 0 aliphatic rings. The second kappa shape index (κ2) is 8.26. The minimum Gasteiger partial charge on any atom is -0.508 e. The molecule has 4 aromatic rings. The highest BCUT2D eigenvalue weighted by atomic mass is 127. The van der Waals surface area contributed by atoms with Crippen LogP contribution in [0.1, 0.15) is 0 Å². The second-order valence-electron chi connectivity index (χ2n) is 6.61. The molecule has 4 rings (SSSR count). The van der Waals surface area contributed by atoms with Gasteiger partial charge < -0.3 is 24.8 Å². The van der Waals surface area contributed by atoms with Gasteiger partial charge in [-0.15, -0.1) is 0 Å². The van der Waals surface area contributed by atoms with Gasteiger partial charge in [-0.2, -0.15) is 0 Å². The maximum absolute atomic E-state index is 10.9. The molecule has 0 bridgehead atoms. The quantitative estimate of drug-likeness (QED) is 0.207. The molecule has 0 fully saturated rings. The van der Waals surface area contributed by atoms with E-state index in [-0.39, 0.29) is 17.2 Å². The predicted molar refractivity (Wildman–Crippen MR) is 143 cm³/mol. The van der Waals surface area contributed by atoms with Gasteiger partial charge in [0.2, 0.25) is 0 Å². The van der Waals surface area contributed by atoms with Crippen LogP contribution >= 0.6 is 67.8 Å². The van der Waals surface area contributed by atoms with E-state index in [0.29, 0.717) is 38.8 Å². The van der Waals surface area contributed by atoms with Gasteiger partial charge in [0.05, 0.1) is 14.2 Å². The molecule has 8 heteroatoms. The molecular weight excluding hydrogens is 725 g/mol. The molecule has 0 aromatic heterocycles. The van der Waals surface area contributed by atoms with E-state index >= 15 is 0 Å². The summed E-state index contributed by atoms with van der Waals surface area (Å²) in [5.74, 6) is 1.04. The fourth-order valence-corrected chi connectivity index (χ4v) is 5.72. The third kappa shape index (κ3) is 3.49. The van der Waals surface area contributed by atoms with E-state index in [1.54, 1.807) is 26.4 Å². The number of fused-ring (bicyclic) bond motifs is 2. The van der Waals surface area contributed by atoms with E-state index < -0.39 is 0 Å². The number of hydrogen-bond acceptors (Lipinski definition) is 5. The molecule has 0 saturated heterocycles. The average Bonchev–Trinajstić information content (AvgIpc) is 2.68. The van der Waals surface area contributed by atoms with Crippen molar-refractivity contribution in [1.29, 1.82) is 0 Å². The summed E-state index contributed by atoms with van der Waals surface area (Å²) in [5, 5.41) is 34.4. The SMILES string of the molecule is COc1cc(I)c2cc(O)cc(O)c2c1-c1c(OC)cc(I)c2cc(I)cc(O)c12. The number of phenols is 3. The molecule has 0 heterocycles. The summed E-state index contributed by atoms with van der Waals surface area (Å²) in [6.07, 6.45) is 0. The van der Waals surface area contributed by atoms with Crippen LogP contribution in [0, 0.1) is 10.7 Å². The van der Waals surface area contributed by atoms with Crippen molar-refractivity contribution in [2.24, 2.45) is 0 Å². The first-order valence-corrected chi connectivity index (χ1v) is 11.9. The number of ether oxygens (including phenoxy) is 2. The normalized spacial score (nSPS) is 11.2. The molecule has 0 spiro atoms. The van der Waals surface area contributed by atoms with Gasteiger partial charge in [0, 0.05) is 49.4 Å². The number of halogens is 3. The molecule has 0 amide bonds. The lowest BCUT2D eigenvalue weighted by molar-refractivity contribution is 0.410. The van der Waals surface area contributed by atoms with E-state index in [1.807, 2.05) is 18.2 Å². The molecule has 0 saturated carbocycles. The van der Waals surface area contributed by atoms with Gasteiger partial charge in [-0.3, -0.25) is 0 Å². The van der Waals surface area contributed by atoms with E-state index in [2.05, 4.69) is 67.8 Å². The van der Waals surface area contributed by atoms with Crippen molar-refractivity contribution < 1.29 is 24.8 Å². The third-order valence-electron chi connectivity index (χ3n) is 4.90. The number of hydrogen-bond donors (Lipinski definition) is 3. The van der Waals surface area contributed by atoms with Gasteiger partial charge in [-0.05, 0) is 98.1 Å². The van der Waals surface area contributed by atoms with Crippen LogP contribution in [0.4, 0.5) is 0 Å². The van der Waals surface area contributed by atoms with Crippen LogP contribution < -0.4 is 9.47 Å². The van der Waals surface area contributed by atoms with E-state index in [9.17, 15) is 15.3 Å². The lowest BCUT2D eigenvalue weighted by Gasteiger charge is -2.20. The highest BCUT2D eigenvalue weighted by molar-refractivity contribution is 14.1. The fraction of sp³-hybridized carbons (Fsp3) is 0.0909. The Morgan fingerprint density at radius 1 is 0.633 bits per heavy atom. The molecule has 0 aliphatic heterocycles. The number of benzene rings is 4. The summed E-state index contributed by atoms with van der Waals surface area (Å²) in [6, 6.07) is 10.3. The highest BCUT2D eigenvalue weighted by Crippen LogP contribution is 2.52. The maximum atomic E-state index is 10.9. The average molecular weight is 740 g/mol. The van der Waals surface area contributed by atoms with Gasteiger partial charge in [-0.25, -0.2) is 0 Å². The maximum Gasteiger partial charge on any atom is 0.128 e. The van der Waals surface area contributed by atoms with E-state index in [0.717, 1.165) is 16.1 Å². The molecule has 0 radical (unpaired) electrons. The number of methoxy groups -OCH3 is 2. The Hall–Kier alpha value is -1.41. The Morgan fingerprint density at radius 3 is 1.60 bits per heavy atom. The summed E-state index contributed by atoms with van der Waals surface area (Å²) >= 11 is 6.53. The van der Waals surface area contributed by atoms with Crippen molar-refractivity contribution in [3.05, 3.63) is 47.1 Å². The molecular formula is C22H15I3O5. The lowest BCUT2D eigenvalue weighted by Crippen LogP contribution is -1.98. The first kappa shape index (κ1) is 21.8. The van der Waals surface area contributed by atoms with E-state index in [1.165, 1.54) is 6.07 Å². The van der Waals surface area contributed by atoms with Crippen molar-refractivity contribution in [1.82, 2.24) is 0 Å². The highest BCUT2D eigenvalue weighted by Gasteiger charge is 2.25. The minimum absolute atomic E-state index is 0.0362. The molecule has 0 atom stereocenters. The Labute approximate surface area is 213 Å². The summed E-state index contributed by atoms with van der Waals surface area (Å²) in [6.45, 7) is 0. The van der Waals surface area contributed by atoms with Crippen LogP contribution in [0.15, 0.2) is 36.4 Å². The Kier molecular flexibility index (Phi) is 6.01. The van der Waals surface area contributed by atoms with Crippen LogP contribution in [-0.4, -0.2) is 29.5 Å². The van der Waals surface area contributed by atoms with E-state index in [4.69, 9.17) is 9.47 Å². The first-order valence-electron chi connectivity index (χ1n) is 8.68. The Bertz CT molecular complexity index is 1230. The van der Waals surface area contributed by atoms with Crippen LogP contribution in [0.2, 0.25) is 0 Å². The summed E-state index contributed by atoms with van der Waals surface area (Å²) in [5.41, 5.74) is 1.20. The number of aromatic hydroxyl groups is 3. The largest absolute Gasteiger partial charge is 0.508 e. The van der Waals surface area contributed by atoms with Gasteiger partial charge in [-0.1, -0.05) is 0 Å². The number of rotatable bonds is 3. The van der Waals surface area contributed by atoms with Crippen molar-refractivity contribution in [3.8, 4) is 39.9 Å². The summed E-state index contributed by atoms with van der Waals surface area (Å²) < 4.78 is 14.0. The smallest absolute Gasteiger partial charge is 0.128 e. The predicted octanol–water partition coefficient (Wildman–Crippen LogP) is 6.61. The molecule has 30 heavy (non-hydrogen) atoms. The molecule has 0 aliphatic carbocycles. The van der Waals surface area contributed by atoms with Crippen LogP contribution in [-0.2, 0) is 0 Å². The van der Waals surface area contributed by atoms with Crippen molar-refractivity contribution >= 4 is 89.3 Å². The molecule has 3 N–H and O–H groups in total. The molecule has 5 nitrogen and oxygen atoms in total.